The van der Waals surface area contributed by atoms with Crippen molar-refractivity contribution in [3.05, 3.63) is 82.6 Å². The molecule has 2 heterocycles. The Balaban J connectivity index is 1.92. The van der Waals surface area contributed by atoms with Crippen molar-refractivity contribution in [2.75, 3.05) is 12.0 Å². The van der Waals surface area contributed by atoms with E-state index in [0.717, 1.165) is 5.56 Å². The van der Waals surface area contributed by atoms with Gasteiger partial charge in [0, 0.05) is 11.6 Å². The van der Waals surface area contributed by atoms with E-state index >= 15 is 0 Å². The van der Waals surface area contributed by atoms with Gasteiger partial charge in [-0.05, 0) is 36.1 Å². The molecular formula is C25H24N2O5. The second kappa shape index (κ2) is 8.34. The van der Waals surface area contributed by atoms with Crippen molar-refractivity contribution >= 4 is 23.3 Å². The highest BCUT2D eigenvalue weighted by Crippen LogP contribution is 2.42. The second-order valence-electron chi connectivity index (χ2n) is 8.02. The van der Waals surface area contributed by atoms with Gasteiger partial charge in [0.15, 0.2) is 5.82 Å². The van der Waals surface area contributed by atoms with Gasteiger partial charge in [0.25, 0.3) is 5.78 Å². The van der Waals surface area contributed by atoms with E-state index in [9.17, 15) is 14.7 Å². The van der Waals surface area contributed by atoms with Gasteiger partial charge < -0.3 is 14.4 Å². The number of benzene rings is 2. The Morgan fingerprint density at radius 3 is 2.44 bits per heavy atom. The second-order valence-corrected chi connectivity index (χ2v) is 8.02. The minimum absolute atomic E-state index is 0.0128. The maximum atomic E-state index is 13.1. The fourth-order valence-corrected chi connectivity index (χ4v) is 3.84. The molecule has 1 aromatic heterocycles. The van der Waals surface area contributed by atoms with Gasteiger partial charge in [-0.25, -0.2) is 0 Å². The topological polar surface area (TPSA) is 92.9 Å². The molecule has 164 valence electrons. The van der Waals surface area contributed by atoms with Crippen LogP contribution in [0.15, 0.2) is 64.7 Å². The molecule has 1 N–H and O–H groups in total. The average molecular weight is 432 g/mol. The summed E-state index contributed by atoms with van der Waals surface area (Å²) in [4.78, 5) is 27.5. The van der Waals surface area contributed by atoms with Gasteiger partial charge in [-0.15, -0.1) is 0 Å². The number of carbonyl (C=O) groups excluding carboxylic acids is 2. The molecule has 0 saturated carbocycles. The van der Waals surface area contributed by atoms with Crippen molar-refractivity contribution in [2.45, 2.75) is 32.7 Å². The summed E-state index contributed by atoms with van der Waals surface area (Å²) in [5.74, 6) is -0.276. The van der Waals surface area contributed by atoms with E-state index in [2.05, 4.69) is 19.0 Å². The van der Waals surface area contributed by atoms with Crippen LogP contribution in [0, 0.1) is 6.92 Å². The number of methoxy groups -OCH3 is 1. The number of anilines is 1. The Morgan fingerprint density at radius 2 is 1.84 bits per heavy atom. The van der Waals surface area contributed by atoms with Gasteiger partial charge in [0.05, 0.1) is 18.7 Å². The molecule has 7 nitrogen and oxygen atoms in total. The highest BCUT2D eigenvalue weighted by atomic mass is 16.5. The molecule has 0 bridgehead atoms. The van der Waals surface area contributed by atoms with Crippen molar-refractivity contribution < 1.29 is 24.0 Å². The van der Waals surface area contributed by atoms with E-state index in [1.165, 1.54) is 12.0 Å². The monoisotopic (exact) mass is 432 g/mol. The molecule has 0 unspecified atom stereocenters. The minimum atomic E-state index is -0.855. The van der Waals surface area contributed by atoms with Crippen molar-refractivity contribution in [3.8, 4) is 5.75 Å². The molecule has 7 heteroatoms. The van der Waals surface area contributed by atoms with Crippen molar-refractivity contribution in [1.29, 1.82) is 0 Å². The molecule has 1 atom stereocenters. The lowest BCUT2D eigenvalue weighted by atomic mass is 9.93. The van der Waals surface area contributed by atoms with Crippen LogP contribution in [-0.2, 0) is 9.59 Å². The predicted octanol–water partition coefficient (Wildman–Crippen LogP) is 4.74. The average Bonchev–Trinajstić information content (AvgIpc) is 3.34. The Labute approximate surface area is 185 Å². The van der Waals surface area contributed by atoms with Gasteiger partial charge in [0.1, 0.15) is 17.3 Å². The molecule has 0 radical (unpaired) electrons. The lowest BCUT2D eigenvalue weighted by Gasteiger charge is -2.23. The fraction of sp³-hybridized carbons (Fsp3) is 0.240. The number of carbonyl (C=O) groups is 2. The number of aromatic nitrogens is 1. The van der Waals surface area contributed by atoms with Crippen LogP contribution in [0.3, 0.4) is 0 Å². The van der Waals surface area contributed by atoms with Crippen LogP contribution >= 0.6 is 0 Å². The van der Waals surface area contributed by atoms with Gasteiger partial charge in [-0.1, -0.05) is 55.4 Å². The highest BCUT2D eigenvalue weighted by molar-refractivity contribution is 6.51. The number of aliphatic hydroxyl groups is 1. The summed E-state index contributed by atoms with van der Waals surface area (Å²) in [6.45, 7) is 5.87. The maximum absolute atomic E-state index is 13.1. The summed E-state index contributed by atoms with van der Waals surface area (Å²) in [7, 11) is 1.52. The first kappa shape index (κ1) is 21.4. The summed E-state index contributed by atoms with van der Waals surface area (Å²) in [5.41, 5.74) is 2.16. The third-order valence-corrected chi connectivity index (χ3v) is 5.57. The highest BCUT2D eigenvalue weighted by Gasteiger charge is 2.48. The zero-order valence-electron chi connectivity index (χ0n) is 18.3. The van der Waals surface area contributed by atoms with E-state index < -0.39 is 17.7 Å². The fourth-order valence-electron chi connectivity index (χ4n) is 3.84. The summed E-state index contributed by atoms with van der Waals surface area (Å²) in [5, 5.41) is 15.1. The van der Waals surface area contributed by atoms with Crippen LogP contribution in [0.5, 0.6) is 5.75 Å². The number of aliphatic hydroxyl groups excluding tert-OH is 1. The van der Waals surface area contributed by atoms with Gasteiger partial charge >= 0.3 is 5.91 Å². The standard InChI is InChI=1S/C25H24N2O5/c1-14(2)16-8-10-17(11-9-16)22-21(23(28)18-6-5-7-19(13-18)31-4)24(29)25(30)27(22)20-12-15(3)32-26-20/h5-14,22,28H,1-4H3/b23-21+/t22-/m0/s1. The Morgan fingerprint density at radius 1 is 1.12 bits per heavy atom. The molecular weight excluding hydrogens is 408 g/mol. The lowest BCUT2D eigenvalue weighted by Crippen LogP contribution is -2.29. The first-order valence-corrected chi connectivity index (χ1v) is 10.3. The number of aryl methyl sites for hydroxylation is 1. The molecule has 2 aromatic carbocycles. The molecule has 1 amide bonds. The first-order chi connectivity index (χ1) is 15.3. The van der Waals surface area contributed by atoms with Crippen molar-refractivity contribution in [1.82, 2.24) is 5.16 Å². The zero-order valence-corrected chi connectivity index (χ0v) is 18.3. The molecule has 1 aliphatic rings. The molecule has 3 aromatic rings. The van der Waals surface area contributed by atoms with E-state index in [4.69, 9.17) is 9.26 Å². The van der Waals surface area contributed by atoms with Crippen LogP contribution in [0.1, 0.15) is 48.3 Å². The van der Waals surface area contributed by atoms with E-state index in [0.29, 0.717) is 28.6 Å². The van der Waals surface area contributed by atoms with Crippen LogP contribution in [0.25, 0.3) is 5.76 Å². The lowest BCUT2D eigenvalue weighted by molar-refractivity contribution is -0.132. The largest absolute Gasteiger partial charge is 0.507 e. The van der Waals surface area contributed by atoms with Gasteiger partial charge in [-0.3, -0.25) is 14.5 Å². The van der Waals surface area contributed by atoms with Crippen LogP contribution < -0.4 is 9.64 Å². The van der Waals surface area contributed by atoms with Crippen molar-refractivity contribution in [2.24, 2.45) is 0 Å². The molecule has 4 rings (SSSR count). The third kappa shape index (κ3) is 3.66. The Hall–Kier alpha value is -3.87. The van der Waals surface area contributed by atoms with Crippen molar-refractivity contribution in [3.63, 3.8) is 0 Å². The predicted molar refractivity (Wildman–Crippen MR) is 120 cm³/mol. The van der Waals surface area contributed by atoms with Gasteiger partial charge in [-0.2, -0.15) is 0 Å². The van der Waals surface area contributed by atoms with Crippen LogP contribution in [0.4, 0.5) is 5.82 Å². The first-order valence-electron chi connectivity index (χ1n) is 10.3. The smallest absolute Gasteiger partial charge is 0.301 e. The quantitative estimate of drug-likeness (QED) is 0.356. The number of hydrogen-bond donors (Lipinski definition) is 1. The number of amides is 1. The minimum Gasteiger partial charge on any atom is -0.507 e. The molecule has 1 aliphatic heterocycles. The number of hydrogen-bond acceptors (Lipinski definition) is 6. The number of Topliss-reactive ketones (excluding diaryl/α,β-unsaturated/α-hetero) is 1. The van der Waals surface area contributed by atoms with E-state index in [1.54, 1.807) is 37.3 Å². The molecule has 0 spiro atoms. The number of ether oxygens (including phenoxy) is 1. The Bertz CT molecular complexity index is 1210. The van der Waals surface area contributed by atoms with Crippen LogP contribution in [0.2, 0.25) is 0 Å². The molecule has 1 saturated heterocycles. The molecule has 32 heavy (non-hydrogen) atoms. The van der Waals surface area contributed by atoms with E-state index in [1.807, 2.05) is 24.3 Å². The summed E-state index contributed by atoms with van der Waals surface area (Å²) in [6.07, 6.45) is 0. The molecule has 1 fully saturated rings. The van der Waals surface area contributed by atoms with E-state index in [-0.39, 0.29) is 17.2 Å². The third-order valence-electron chi connectivity index (χ3n) is 5.57. The maximum Gasteiger partial charge on any atom is 0.301 e. The normalized spacial score (nSPS) is 17.9. The zero-order chi connectivity index (χ0) is 23.0. The van der Waals surface area contributed by atoms with Gasteiger partial charge in [0.2, 0.25) is 0 Å². The number of ketones is 1. The summed E-state index contributed by atoms with van der Waals surface area (Å²) in [6, 6.07) is 15.1. The number of nitrogens with zero attached hydrogens (tertiary/aromatic N) is 2. The van der Waals surface area contributed by atoms with Crippen LogP contribution in [-0.4, -0.2) is 29.1 Å². The summed E-state index contributed by atoms with van der Waals surface area (Å²) < 4.78 is 10.4. The molecule has 0 aliphatic carbocycles. The number of rotatable bonds is 5. The Kier molecular flexibility index (Phi) is 5.57. The summed E-state index contributed by atoms with van der Waals surface area (Å²) >= 11 is 0. The SMILES string of the molecule is COc1cccc(/C(O)=C2\C(=O)C(=O)N(c3cc(C)on3)[C@H]2c2ccc(C(C)C)cc2)c1.